The molecule has 0 atom stereocenters. The molecule has 1 aromatic rings. The Balaban J connectivity index is 2.79. The lowest BCUT2D eigenvalue weighted by molar-refractivity contribution is -0.127. The second kappa shape index (κ2) is 6.77. The molecule has 0 unspecified atom stereocenters. The summed E-state index contributed by atoms with van der Waals surface area (Å²) < 4.78 is 0. The van der Waals surface area contributed by atoms with Crippen molar-refractivity contribution in [2.24, 2.45) is 5.10 Å². The van der Waals surface area contributed by atoms with Crippen LogP contribution in [0.5, 0.6) is 0 Å². The van der Waals surface area contributed by atoms with Gasteiger partial charge in [-0.15, -0.1) is 0 Å². The van der Waals surface area contributed by atoms with Gasteiger partial charge in [0.2, 0.25) is 11.6 Å². The van der Waals surface area contributed by atoms with Crippen LogP contribution in [0, 0.1) is 22.7 Å². The number of amides is 1. The zero-order valence-electron chi connectivity index (χ0n) is 10.7. The number of nitrogens with one attached hydrogen (secondary N) is 1. The van der Waals surface area contributed by atoms with Gasteiger partial charge in [-0.3, -0.25) is 10.2 Å². The molecular weight excluding hydrogens is 242 g/mol. The van der Waals surface area contributed by atoms with Crippen LogP contribution in [-0.2, 0) is 11.2 Å². The molecule has 19 heavy (non-hydrogen) atoms. The highest BCUT2D eigenvalue weighted by molar-refractivity contribution is 6.10. The van der Waals surface area contributed by atoms with E-state index >= 15 is 0 Å². The standard InChI is InChI=1S/C13H13N5O/c1-18(2)13(19)7-10-4-3-5-11(6-10)16-17-12(8-14)9-15/h3-6,16H,7H2,1-2H3. The molecule has 0 aliphatic carbocycles. The zero-order valence-corrected chi connectivity index (χ0v) is 10.7. The number of nitrogens with zero attached hydrogens (tertiary/aromatic N) is 4. The van der Waals surface area contributed by atoms with Crippen LogP contribution in [0.1, 0.15) is 5.56 Å². The van der Waals surface area contributed by atoms with Gasteiger partial charge in [0, 0.05) is 14.1 Å². The van der Waals surface area contributed by atoms with Crippen molar-refractivity contribution in [2.75, 3.05) is 19.5 Å². The Morgan fingerprint density at radius 2 is 2.05 bits per heavy atom. The lowest BCUT2D eigenvalue weighted by Crippen LogP contribution is -2.23. The average Bonchev–Trinajstić information content (AvgIpc) is 2.40. The normalized spacial score (nSPS) is 8.84. The molecule has 0 aromatic heterocycles. The van der Waals surface area contributed by atoms with Gasteiger partial charge >= 0.3 is 0 Å². The van der Waals surface area contributed by atoms with Crippen molar-refractivity contribution in [3.63, 3.8) is 0 Å². The Morgan fingerprint density at radius 3 is 2.63 bits per heavy atom. The summed E-state index contributed by atoms with van der Waals surface area (Å²) in [7, 11) is 3.39. The summed E-state index contributed by atoms with van der Waals surface area (Å²) in [5.74, 6) is -0.00427. The average molecular weight is 255 g/mol. The maximum absolute atomic E-state index is 11.6. The Hall–Kier alpha value is -2.86. The fourth-order valence-electron chi connectivity index (χ4n) is 1.28. The summed E-state index contributed by atoms with van der Waals surface area (Å²) in [6.07, 6.45) is 0.287. The van der Waals surface area contributed by atoms with Gasteiger partial charge in [-0.2, -0.15) is 15.6 Å². The molecule has 1 N–H and O–H groups in total. The van der Waals surface area contributed by atoms with Gasteiger partial charge in [-0.1, -0.05) is 12.1 Å². The Kier molecular flexibility index (Phi) is 5.06. The second-order valence-electron chi connectivity index (χ2n) is 3.96. The predicted molar refractivity (Wildman–Crippen MR) is 71.1 cm³/mol. The number of hydrogen-bond acceptors (Lipinski definition) is 5. The van der Waals surface area contributed by atoms with E-state index in [-0.39, 0.29) is 18.0 Å². The molecule has 6 heteroatoms. The highest BCUT2D eigenvalue weighted by atomic mass is 16.2. The van der Waals surface area contributed by atoms with E-state index in [2.05, 4.69) is 10.5 Å². The zero-order chi connectivity index (χ0) is 14.3. The van der Waals surface area contributed by atoms with E-state index in [1.807, 2.05) is 6.07 Å². The fourth-order valence-corrected chi connectivity index (χ4v) is 1.28. The number of anilines is 1. The van der Waals surface area contributed by atoms with Crippen molar-refractivity contribution in [1.82, 2.24) is 4.90 Å². The summed E-state index contributed by atoms with van der Waals surface area (Å²) in [5, 5.41) is 20.7. The van der Waals surface area contributed by atoms with Gasteiger partial charge in [0.1, 0.15) is 12.1 Å². The molecule has 0 saturated carbocycles. The highest BCUT2D eigenvalue weighted by Crippen LogP contribution is 2.11. The first kappa shape index (κ1) is 14.2. The maximum Gasteiger partial charge on any atom is 0.237 e. The minimum absolute atomic E-state index is 0.00427. The fraction of sp³-hybridized carbons (Fsp3) is 0.231. The summed E-state index contributed by atoms with van der Waals surface area (Å²) in [4.78, 5) is 13.1. The molecule has 0 saturated heterocycles. The summed E-state index contributed by atoms with van der Waals surface area (Å²) in [6.45, 7) is 0. The third-order valence-corrected chi connectivity index (χ3v) is 2.29. The number of carbonyl (C=O) groups excluding carboxylic acids is 1. The third-order valence-electron chi connectivity index (χ3n) is 2.29. The lowest BCUT2D eigenvalue weighted by Gasteiger charge is -2.10. The van der Waals surface area contributed by atoms with E-state index in [0.717, 1.165) is 5.56 Å². The van der Waals surface area contributed by atoms with Crippen molar-refractivity contribution in [3.8, 4) is 12.1 Å². The molecule has 0 bridgehead atoms. The Morgan fingerprint density at radius 1 is 1.37 bits per heavy atom. The molecular formula is C13H13N5O. The smallest absolute Gasteiger partial charge is 0.237 e. The molecule has 0 radical (unpaired) electrons. The number of benzene rings is 1. The Labute approximate surface area is 111 Å². The molecule has 6 nitrogen and oxygen atoms in total. The predicted octanol–water partition coefficient (Wildman–Crippen LogP) is 1.13. The molecule has 0 spiro atoms. The van der Waals surface area contributed by atoms with Gasteiger partial charge in [-0.25, -0.2) is 0 Å². The number of hydrazone groups is 1. The quantitative estimate of drug-likeness (QED) is 0.644. The van der Waals surface area contributed by atoms with E-state index < -0.39 is 0 Å². The van der Waals surface area contributed by atoms with Crippen LogP contribution >= 0.6 is 0 Å². The minimum atomic E-state index is -0.255. The third kappa shape index (κ3) is 4.49. The maximum atomic E-state index is 11.6. The first-order chi connectivity index (χ1) is 9.06. The van der Waals surface area contributed by atoms with Crippen LogP contribution in [0.25, 0.3) is 0 Å². The number of rotatable bonds is 4. The van der Waals surface area contributed by atoms with Crippen LogP contribution in [0.2, 0.25) is 0 Å². The summed E-state index contributed by atoms with van der Waals surface area (Å²) in [6, 6.07) is 10.4. The van der Waals surface area contributed by atoms with Crippen LogP contribution in [0.3, 0.4) is 0 Å². The van der Waals surface area contributed by atoms with Crippen molar-refractivity contribution in [3.05, 3.63) is 29.8 Å². The number of likely N-dealkylation sites (N-methyl/N-ethyl adjacent to an activating group) is 1. The molecule has 1 rings (SSSR count). The molecule has 1 amide bonds. The molecule has 96 valence electrons. The summed E-state index contributed by atoms with van der Waals surface area (Å²) >= 11 is 0. The molecule has 1 aromatic carbocycles. The van der Waals surface area contributed by atoms with Crippen molar-refractivity contribution < 1.29 is 4.79 Å². The lowest BCUT2D eigenvalue weighted by atomic mass is 10.1. The highest BCUT2D eigenvalue weighted by Gasteiger charge is 2.05. The van der Waals surface area contributed by atoms with Gasteiger partial charge in [0.15, 0.2) is 0 Å². The molecule has 0 fully saturated rings. The molecule has 0 aliphatic heterocycles. The van der Waals surface area contributed by atoms with Gasteiger partial charge < -0.3 is 4.90 Å². The van der Waals surface area contributed by atoms with Crippen molar-refractivity contribution in [2.45, 2.75) is 6.42 Å². The largest absolute Gasteiger partial charge is 0.349 e. The first-order valence-electron chi connectivity index (χ1n) is 5.50. The van der Waals surface area contributed by atoms with Gasteiger partial charge in [-0.05, 0) is 17.7 Å². The van der Waals surface area contributed by atoms with Crippen LogP contribution in [-0.4, -0.2) is 30.6 Å². The molecule has 0 aliphatic rings. The van der Waals surface area contributed by atoms with Crippen LogP contribution < -0.4 is 5.43 Å². The van der Waals surface area contributed by atoms with E-state index in [1.54, 1.807) is 44.4 Å². The minimum Gasteiger partial charge on any atom is -0.349 e. The van der Waals surface area contributed by atoms with Crippen LogP contribution in [0.15, 0.2) is 29.4 Å². The number of nitriles is 2. The number of hydrogen-bond donors (Lipinski definition) is 1. The van der Waals surface area contributed by atoms with E-state index in [9.17, 15) is 4.79 Å². The summed E-state index contributed by atoms with van der Waals surface area (Å²) in [5.41, 5.74) is 3.80. The first-order valence-corrected chi connectivity index (χ1v) is 5.50. The van der Waals surface area contributed by atoms with E-state index in [0.29, 0.717) is 5.69 Å². The monoisotopic (exact) mass is 255 g/mol. The van der Waals surface area contributed by atoms with Crippen molar-refractivity contribution in [1.29, 1.82) is 10.5 Å². The van der Waals surface area contributed by atoms with Crippen LogP contribution in [0.4, 0.5) is 5.69 Å². The second-order valence-corrected chi connectivity index (χ2v) is 3.96. The van der Waals surface area contributed by atoms with E-state index in [1.165, 1.54) is 4.90 Å². The van der Waals surface area contributed by atoms with Gasteiger partial charge in [0.05, 0.1) is 12.1 Å². The van der Waals surface area contributed by atoms with E-state index in [4.69, 9.17) is 10.5 Å². The Bertz CT molecular complexity index is 561. The number of carbonyl (C=O) groups is 1. The SMILES string of the molecule is CN(C)C(=O)Cc1cccc(NN=C(C#N)C#N)c1. The van der Waals surface area contributed by atoms with Crippen molar-refractivity contribution >= 4 is 17.3 Å². The topological polar surface area (TPSA) is 92.3 Å². The molecule has 0 heterocycles. The van der Waals surface area contributed by atoms with Gasteiger partial charge in [0.25, 0.3) is 0 Å².